The molecule has 56 valence electrons. The molecule has 3 rings (SSSR count). The minimum absolute atomic E-state index is 0.0475. The molecule has 3 aliphatic carbocycles. The van der Waals surface area contributed by atoms with E-state index in [-0.39, 0.29) is 12.3 Å². The van der Waals surface area contributed by atoms with Crippen LogP contribution in [0.5, 0.6) is 0 Å². The highest BCUT2D eigenvalue weighted by Crippen LogP contribution is 2.64. The van der Waals surface area contributed by atoms with Crippen LogP contribution in [0.15, 0.2) is 0 Å². The van der Waals surface area contributed by atoms with Gasteiger partial charge >= 0.3 is 0 Å². The van der Waals surface area contributed by atoms with Gasteiger partial charge in [0.1, 0.15) is 0 Å². The highest BCUT2D eigenvalue weighted by Gasteiger charge is 2.53. The fraction of sp³-hybridized carbons (Fsp3) is 1.00. The smallest absolute Gasteiger partial charge is 0.0308 e. The summed E-state index contributed by atoms with van der Waals surface area (Å²) in [4.78, 5) is 0. The second kappa shape index (κ2) is 1.60. The third-order valence-electron chi connectivity index (χ3n) is 3.87. The van der Waals surface area contributed by atoms with Crippen LogP contribution in [0.2, 0.25) is 0 Å². The molecule has 0 nitrogen and oxygen atoms in total. The molecule has 10 heavy (non-hydrogen) atoms. The first-order chi connectivity index (χ1) is 5.68. The van der Waals surface area contributed by atoms with Gasteiger partial charge in [-0.2, -0.15) is 0 Å². The normalized spacial score (nSPS) is 75.2. The topological polar surface area (TPSA) is 0 Å². The van der Waals surface area contributed by atoms with Crippen molar-refractivity contribution in [3.05, 3.63) is 0 Å². The highest BCUT2D eigenvalue weighted by atomic mass is 14.6. The highest BCUT2D eigenvalue weighted by molar-refractivity contribution is 5.04. The van der Waals surface area contributed by atoms with Crippen molar-refractivity contribution >= 4 is 0 Å². The fourth-order valence-electron chi connectivity index (χ4n) is 3.42. The molecule has 3 aliphatic rings. The lowest BCUT2D eigenvalue weighted by Gasteiger charge is -2.27. The zero-order valence-electron chi connectivity index (χ0n) is 8.40. The van der Waals surface area contributed by atoms with Crippen LogP contribution < -0.4 is 0 Å². The number of rotatable bonds is 0. The van der Waals surface area contributed by atoms with Crippen molar-refractivity contribution in [2.24, 2.45) is 17.2 Å². The van der Waals surface area contributed by atoms with Gasteiger partial charge in [0.15, 0.2) is 0 Å². The van der Waals surface area contributed by atoms with Crippen LogP contribution >= 0.6 is 0 Å². The first-order valence-corrected chi connectivity index (χ1v) is 4.60. The molecule has 1 spiro atoms. The molecule has 3 fully saturated rings. The van der Waals surface area contributed by atoms with E-state index in [0.29, 0.717) is 11.3 Å². The van der Waals surface area contributed by atoms with Gasteiger partial charge in [-0.25, -0.2) is 0 Å². The first-order valence-electron chi connectivity index (χ1n) is 5.68. The number of fused-ring (bicyclic) bond motifs is 1. The first kappa shape index (κ1) is 4.13. The van der Waals surface area contributed by atoms with Crippen LogP contribution in [0.25, 0.3) is 0 Å². The Labute approximate surface area is 65.8 Å². The predicted molar refractivity (Wildman–Crippen MR) is 41.7 cm³/mol. The van der Waals surface area contributed by atoms with Crippen LogP contribution in [0.1, 0.15) is 47.7 Å². The Morgan fingerprint density at radius 3 is 3.30 bits per heavy atom. The average Bonchev–Trinajstić information content (AvgIpc) is 2.63. The minimum Gasteiger partial charge on any atom is -0.0525 e. The van der Waals surface area contributed by atoms with Gasteiger partial charge in [0.2, 0.25) is 0 Å². The van der Waals surface area contributed by atoms with Crippen molar-refractivity contribution < 1.29 is 2.74 Å². The van der Waals surface area contributed by atoms with Crippen molar-refractivity contribution in [3.8, 4) is 0 Å². The van der Waals surface area contributed by atoms with Crippen LogP contribution in [0, 0.1) is 17.2 Å². The van der Waals surface area contributed by atoms with Gasteiger partial charge in [-0.1, -0.05) is 6.42 Å². The Morgan fingerprint density at radius 1 is 1.40 bits per heavy atom. The molecule has 0 aliphatic heterocycles. The molecular formula is C10H16. The van der Waals surface area contributed by atoms with E-state index in [1.54, 1.807) is 0 Å². The monoisotopic (exact) mass is 138 g/mol. The van der Waals surface area contributed by atoms with Gasteiger partial charge < -0.3 is 0 Å². The molecule has 2 bridgehead atoms. The summed E-state index contributed by atoms with van der Waals surface area (Å²) in [7, 11) is 0. The number of hydrogen-bond acceptors (Lipinski definition) is 0. The summed E-state index contributed by atoms with van der Waals surface area (Å²) in [6.45, 7) is 0. The zero-order chi connectivity index (χ0) is 8.40. The SMILES string of the molecule is [2H][C@@H]1[C@H]2CC[C@]3(CCC[C@@]13[2H])C2. The maximum Gasteiger partial charge on any atom is 0.0308 e. The fourth-order valence-corrected chi connectivity index (χ4v) is 3.42. The van der Waals surface area contributed by atoms with Crippen LogP contribution in [-0.2, 0) is 0 Å². The number of hydrogen-bond donors (Lipinski definition) is 0. The molecule has 0 unspecified atom stereocenters. The van der Waals surface area contributed by atoms with Crippen LogP contribution in [0.4, 0.5) is 0 Å². The summed E-state index contributed by atoms with van der Waals surface area (Å²) in [5.74, 6) is 0.262. The van der Waals surface area contributed by atoms with Crippen molar-refractivity contribution in [2.75, 3.05) is 0 Å². The van der Waals surface area contributed by atoms with Gasteiger partial charge in [0.05, 0.1) is 0 Å². The van der Waals surface area contributed by atoms with E-state index in [1.807, 2.05) is 0 Å². The molecule has 4 atom stereocenters. The summed E-state index contributed by atoms with van der Waals surface area (Å²) in [6.07, 6.45) is 7.15. The van der Waals surface area contributed by atoms with E-state index in [4.69, 9.17) is 2.74 Å². The Bertz CT molecular complexity index is 219. The second-order valence-corrected chi connectivity index (χ2v) is 4.33. The Hall–Kier alpha value is 0. The summed E-state index contributed by atoms with van der Waals surface area (Å²) >= 11 is 0. The van der Waals surface area contributed by atoms with Gasteiger partial charge in [-0.3, -0.25) is 0 Å². The minimum atomic E-state index is -0.323. The summed E-state index contributed by atoms with van der Waals surface area (Å²) in [5.41, 5.74) is 0.310. The summed E-state index contributed by atoms with van der Waals surface area (Å²) in [6, 6.07) is 0. The third kappa shape index (κ3) is 0.500. The van der Waals surface area contributed by atoms with Gasteiger partial charge in [0, 0.05) is 2.74 Å². The van der Waals surface area contributed by atoms with E-state index >= 15 is 0 Å². The van der Waals surface area contributed by atoms with E-state index < -0.39 is 0 Å². The summed E-state index contributed by atoms with van der Waals surface area (Å²) in [5, 5.41) is 0. The van der Waals surface area contributed by atoms with E-state index in [0.717, 1.165) is 6.42 Å². The maximum atomic E-state index is 8.39. The van der Waals surface area contributed by atoms with Crippen molar-refractivity contribution in [1.82, 2.24) is 0 Å². The molecule has 0 saturated heterocycles. The molecule has 0 heteroatoms. The van der Waals surface area contributed by atoms with Gasteiger partial charge in [-0.15, -0.1) is 0 Å². The van der Waals surface area contributed by atoms with E-state index in [9.17, 15) is 0 Å². The molecule has 3 saturated carbocycles. The lowest BCUT2D eigenvalue weighted by Crippen LogP contribution is -2.18. The van der Waals surface area contributed by atoms with Crippen LogP contribution in [-0.4, -0.2) is 0 Å². The summed E-state index contributed by atoms with van der Waals surface area (Å²) < 4.78 is 16.4. The second-order valence-electron chi connectivity index (χ2n) is 4.33. The standard InChI is InChI=1S/C10H16/c1-2-9-6-8-3-5-10(9,4-1)7-8/h8-9H,1-7H2/t8-,9+,10-/m1/s1/i6D,9D/t6-,8-,9+,10-. The molecule has 0 aromatic heterocycles. The van der Waals surface area contributed by atoms with Crippen molar-refractivity contribution in [3.63, 3.8) is 0 Å². The largest absolute Gasteiger partial charge is 0.0525 e. The molecular weight excluding hydrogens is 120 g/mol. The van der Waals surface area contributed by atoms with Crippen molar-refractivity contribution in [1.29, 1.82) is 0 Å². The van der Waals surface area contributed by atoms with Crippen molar-refractivity contribution in [2.45, 2.75) is 44.9 Å². The molecule has 0 aromatic rings. The molecule has 0 heterocycles. The molecule has 0 aromatic carbocycles. The molecule has 0 amide bonds. The average molecular weight is 138 g/mol. The lowest BCUT2D eigenvalue weighted by molar-refractivity contribution is 0.227. The van der Waals surface area contributed by atoms with E-state index in [1.165, 1.54) is 32.1 Å². The lowest BCUT2D eigenvalue weighted by atomic mass is 9.78. The third-order valence-corrected chi connectivity index (χ3v) is 3.87. The van der Waals surface area contributed by atoms with Gasteiger partial charge in [-0.05, 0) is 55.7 Å². The molecule has 0 radical (unpaired) electrons. The quantitative estimate of drug-likeness (QED) is 0.482. The molecule has 0 N–H and O–H groups in total. The Morgan fingerprint density at radius 2 is 2.40 bits per heavy atom. The van der Waals surface area contributed by atoms with Gasteiger partial charge in [0.25, 0.3) is 0 Å². The zero-order valence-corrected chi connectivity index (χ0v) is 6.40. The van der Waals surface area contributed by atoms with E-state index in [2.05, 4.69) is 0 Å². The predicted octanol–water partition coefficient (Wildman–Crippen LogP) is 2.98. The maximum absolute atomic E-state index is 8.39. The Balaban J connectivity index is 2.08. The Kier molecular flexibility index (Phi) is 0.659. The van der Waals surface area contributed by atoms with Crippen LogP contribution in [0.3, 0.4) is 0 Å².